The van der Waals surface area contributed by atoms with Crippen LogP contribution in [0.5, 0.6) is 5.75 Å². The molecule has 0 radical (unpaired) electrons. The second kappa shape index (κ2) is 5.67. The van der Waals surface area contributed by atoms with Crippen LogP contribution < -0.4 is 15.0 Å². The van der Waals surface area contributed by atoms with Gasteiger partial charge in [0.05, 0.1) is 12.2 Å². The highest BCUT2D eigenvalue weighted by Crippen LogP contribution is 2.32. The van der Waals surface area contributed by atoms with Crippen molar-refractivity contribution in [1.82, 2.24) is 5.32 Å². The molecule has 1 aliphatic heterocycles. The molecule has 1 aromatic rings. The Morgan fingerprint density at radius 2 is 2.09 bits per heavy atom. The van der Waals surface area contributed by atoms with Crippen molar-refractivity contribution in [2.45, 2.75) is 26.3 Å². The maximum absolute atomic E-state index is 12.0. The van der Waals surface area contributed by atoms with Crippen LogP contribution >= 0.6 is 0 Å². The van der Waals surface area contributed by atoms with Crippen LogP contribution in [0.3, 0.4) is 0 Å². The zero-order chi connectivity index (χ0) is 16.5. The van der Waals surface area contributed by atoms with Crippen molar-refractivity contribution in [2.75, 3.05) is 18.0 Å². The summed E-state index contributed by atoms with van der Waals surface area (Å²) in [6.07, 6.45) is 0. The summed E-state index contributed by atoms with van der Waals surface area (Å²) in [5, 5.41) is 11.5. The van der Waals surface area contributed by atoms with Gasteiger partial charge in [-0.15, -0.1) is 0 Å². The van der Waals surface area contributed by atoms with E-state index in [9.17, 15) is 14.4 Å². The van der Waals surface area contributed by atoms with E-state index in [1.807, 2.05) is 13.0 Å². The van der Waals surface area contributed by atoms with Gasteiger partial charge in [0, 0.05) is 0 Å². The average molecular weight is 306 g/mol. The van der Waals surface area contributed by atoms with Crippen LogP contribution in [0.15, 0.2) is 18.2 Å². The fraction of sp³-hybridized carbons (Fsp3) is 0.400. The maximum atomic E-state index is 12.0. The summed E-state index contributed by atoms with van der Waals surface area (Å²) >= 11 is 0. The van der Waals surface area contributed by atoms with Crippen LogP contribution in [0.25, 0.3) is 0 Å². The highest BCUT2D eigenvalue weighted by Gasteiger charge is 2.31. The van der Waals surface area contributed by atoms with E-state index in [0.29, 0.717) is 11.4 Å². The molecule has 0 unspecified atom stereocenters. The number of carbonyl (C=O) groups is 3. The minimum absolute atomic E-state index is 0.0586. The number of nitrogens with zero attached hydrogens (tertiary/aromatic N) is 1. The highest BCUT2D eigenvalue weighted by atomic mass is 16.5. The molecule has 22 heavy (non-hydrogen) atoms. The van der Waals surface area contributed by atoms with Gasteiger partial charge in [0.15, 0.2) is 5.75 Å². The molecular weight excluding hydrogens is 288 g/mol. The minimum Gasteiger partial charge on any atom is -0.480 e. The van der Waals surface area contributed by atoms with E-state index in [0.717, 1.165) is 5.56 Å². The number of anilines is 1. The van der Waals surface area contributed by atoms with Crippen molar-refractivity contribution < 1.29 is 24.2 Å². The number of carboxylic acids is 1. The van der Waals surface area contributed by atoms with Crippen molar-refractivity contribution >= 4 is 23.5 Å². The van der Waals surface area contributed by atoms with Gasteiger partial charge >= 0.3 is 11.9 Å². The molecule has 0 fully saturated rings. The number of ether oxygens (including phenoxy) is 1. The number of hydrogen-bond acceptors (Lipinski definition) is 5. The molecule has 1 heterocycles. The van der Waals surface area contributed by atoms with Crippen molar-refractivity contribution in [2.24, 2.45) is 0 Å². The first-order valence-electron chi connectivity index (χ1n) is 6.80. The molecule has 118 valence electrons. The third-order valence-electron chi connectivity index (χ3n) is 3.32. The summed E-state index contributed by atoms with van der Waals surface area (Å²) in [6, 6.07) is 5.34. The Kier molecular flexibility index (Phi) is 4.07. The van der Waals surface area contributed by atoms with Gasteiger partial charge in [-0.3, -0.25) is 4.79 Å². The molecule has 1 amide bonds. The first-order chi connectivity index (χ1) is 10.2. The molecule has 7 nitrogen and oxygen atoms in total. The van der Waals surface area contributed by atoms with Crippen LogP contribution in [-0.2, 0) is 14.4 Å². The number of nitrogens with one attached hydrogen (secondary N) is 1. The van der Waals surface area contributed by atoms with Crippen LogP contribution in [0.1, 0.15) is 19.4 Å². The van der Waals surface area contributed by atoms with Gasteiger partial charge in [-0.25, -0.2) is 9.59 Å². The molecule has 0 bridgehead atoms. The number of rotatable bonds is 4. The van der Waals surface area contributed by atoms with Gasteiger partial charge in [-0.2, -0.15) is 0 Å². The lowest BCUT2D eigenvalue weighted by molar-refractivity contribution is -0.145. The molecule has 1 aromatic carbocycles. The molecule has 0 saturated carbocycles. The molecule has 1 aliphatic rings. The molecular formula is C15H18N2O5. The zero-order valence-corrected chi connectivity index (χ0v) is 12.7. The largest absolute Gasteiger partial charge is 0.480 e. The maximum Gasteiger partial charge on any atom is 0.331 e. The van der Waals surface area contributed by atoms with Gasteiger partial charge in [0.25, 0.3) is 0 Å². The highest BCUT2D eigenvalue weighted by molar-refractivity contribution is 5.92. The lowest BCUT2D eigenvalue weighted by Gasteiger charge is -2.30. The quantitative estimate of drug-likeness (QED) is 0.628. The number of carboxylic acid groups (broad SMARTS) is 1. The van der Waals surface area contributed by atoms with E-state index in [4.69, 9.17) is 9.84 Å². The zero-order valence-electron chi connectivity index (χ0n) is 12.7. The van der Waals surface area contributed by atoms with Crippen molar-refractivity contribution in [3.8, 4) is 5.75 Å². The number of benzene rings is 1. The number of fused-ring (bicyclic) bond motifs is 1. The second-order valence-electron chi connectivity index (χ2n) is 5.78. The summed E-state index contributed by atoms with van der Waals surface area (Å²) in [6.45, 7) is 4.48. The number of aliphatic carboxylic acids is 1. The molecule has 0 aliphatic carbocycles. The number of esters is 1. The molecule has 2 rings (SSSR count). The van der Waals surface area contributed by atoms with Crippen LogP contribution in [0.4, 0.5) is 5.69 Å². The Hall–Kier alpha value is -2.57. The van der Waals surface area contributed by atoms with Gasteiger partial charge in [0.2, 0.25) is 5.91 Å². The van der Waals surface area contributed by atoms with Gasteiger partial charge in [-0.05, 0) is 38.5 Å². The van der Waals surface area contributed by atoms with Crippen LogP contribution in [0, 0.1) is 6.92 Å². The van der Waals surface area contributed by atoms with Crippen LogP contribution in [-0.4, -0.2) is 41.6 Å². The lowest BCUT2D eigenvalue weighted by atomic mass is 10.1. The Labute approximate surface area is 127 Å². The van der Waals surface area contributed by atoms with E-state index in [-0.39, 0.29) is 13.1 Å². The Balaban J connectivity index is 2.15. The summed E-state index contributed by atoms with van der Waals surface area (Å²) in [5.74, 6) is -1.66. The summed E-state index contributed by atoms with van der Waals surface area (Å²) < 4.78 is 5.16. The third-order valence-corrected chi connectivity index (χ3v) is 3.32. The number of carbonyl (C=O) groups excluding carboxylic acids is 2. The fourth-order valence-corrected chi connectivity index (χ4v) is 2.12. The normalized spacial score (nSPS) is 14.1. The molecule has 7 heteroatoms. The third kappa shape index (κ3) is 3.36. The smallest absolute Gasteiger partial charge is 0.331 e. The van der Waals surface area contributed by atoms with Crippen molar-refractivity contribution in [3.63, 3.8) is 0 Å². The number of hydrogen-bond donors (Lipinski definition) is 2. The first-order valence-corrected chi connectivity index (χ1v) is 6.80. The Morgan fingerprint density at radius 3 is 2.73 bits per heavy atom. The monoisotopic (exact) mass is 306 g/mol. The van der Waals surface area contributed by atoms with Crippen LogP contribution in [0.2, 0.25) is 0 Å². The summed E-state index contributed by atoms with van der Waals surface area (Å²) in [5.41, 5.74) is 0.196. The Bertz CT molecular complexity index is 639. The SMILES string of the molecule is Cc1ccc2c(c1)OC(=O)CN2CC(=O)NC(C)(C)C(=O)O. The number of amides is 1. The predicted molar refractivity (Wildman–Crippen MR) is 78.9 cm³/mol. The molecule has 0 spiro atoms. The summed E-state index contributed by atoms with van der Waals surface area (Å²) in [4.78, 5) is 36.3. The van der Waals surface area contributed by atoms with E-state index >= 15 is 0 Å². The van der Waals surface area contributed by atoms with Crippen molar-refractivity contribution in [3.05, 3.63) is 23.8 Å². The van der Waals surface area contributed by atoms with Crippen molar-refractivity contribution in [1.29, 1.82) is 0 Å². The molecule has 0 saturated heterocycles. The standard InChI is InChI=1S/C15H18N2O5/c1-9-4-5-10-11(6-9)22-13(19)8-17(10)7-12(18)16-15(2,3)14(20)21/h4-6H,7-8H2,1-3H3,(H,16,18)(H,20,21). The van der Waals surface area contributed by atoms with Gasteiger partial charge in [0.1, 0.15) is 12.1 Å². The fourth-order valence-electron chi connectivity index (χ4n) is 2.12. The molecule has 0 atom stereocenters. The van der Waals surface area contributed by atoms with E-state index in [2.05, 4.69) is 5.32 Å². The minimum atomic E-state index is -1.37. The lowest BCUT2D eigenvalue weighted by Crippen LogP contribution is -2.53. The predicted octanol–water partition coefficient (Wildman–Crippen LogP) is 0.700. The van der Waals surface area contributed by atoms with Gasteiger partial charge < -0.3 is 20.1 Å². The number of aryl methyl sites for hydroxylation is 1. The van der Waals surface area contributed by atoms with E-state index in [1.54, 1.807) is 17.0 Å². The summed E-state index contributed by atoms with van der Waals surface area (Å²) in [7, 11) is 0. The Morgan fingerprint density at radius 1 is 1.41 bits per heavy atom. The van der Waals surface area contributed by atoms with E-state index in [1.165, 1.54) is 13.8 Å². The second-order valence-corrected chi connectivity index (χ2v) is 5.78. The molecule has 2 N–H and O–H groups in total. The topological polar surface area (TPSA) is 95.9 Å². The van der Waals surface area contributed by atoms with Gasteiger partial charge in [-0.1, -0.05) is 6.07 Å². The van der Waals surface area contributed by atoms with E-state index < -0.39 is 23.4 Å². The molecule has 0 aromatic heterocycles. The average Bonchev–Trinajstić information content (AvgIpc) is 2.36. The first kappa shape index (κ1) is 15.8.